The van der Waals surface area contributed by atoms with Crippen LogP contribution in [0.25, 0.3) is 0 Å². The molecule has 1 unspecified atom stereocenters. The molecular formula is C17H22O9. The van der Waals surface area contributed by atoms with Gasteiger partial charge in [-0.25, -0.2) is 9.59 Å². The molecule has 1 heterocycles. The van der Waals surface area contributed by atoms with Gasteiger partial charge in [0.2, 0.25) is 6.29 Å². The number of ether oxygens (including phenoxy) is 3. The summed E-state index contributed by atoms with van der Waals surface area (Å²) in [6.07, 6.45) is -6.77. The van der Waals surface area contributed by atoms with Crippen LogP contribution in [0.2, 0.25) is 0 Å². The first-order valence-electron chi connectivity index (χ1n) is 8.21. The molecule has 1 aliphatic heterocycles. The molecule has 0 spiro atoms. The van der Waals surface area contributed by atoms with Crippen molar-refractivity contribution in [2.45, 2.75) is 50.5 Å². The van der Waals surface area contributed by atoms with Gasteiger partial charge in [0.25, 0.3) is 0 Å². The maximum absolute atomic E-state index is 11.8. The number of carbonyl (C=O) groups is 2. The zero-order valence-electron chi connectivity index (χ0n) is 14.1. The number of hydrogen-bond donors (Lipinski definition) is 4. The maximum Gasteiger partial charge on any atom is 0.338 e. The lowest BCUT2D eigenvalue weighted by atomic mass is 9.99. The van der Waals surface area contributed by atoms with Crippen LogP contribution in [-0.4, -0.2) is 69.7 Å². The zero-order chi connectivity index (χ0) is 19.3. The molecule has 26 heavy (non-hydrogen) atoms. The minimum atomic E-state index is -1.79. The summed E-state index contributed by atoms with van der Waals surface area (Å²) in [4.78, 5) is 22.9. The molecule has 0 aromatic heterocycles. The van der Waals surface area contributed by atoms with Crippen LogP contribution in [0.4, 0.5) is 0 Å². The molecule has 0 saturated carbocycles. The standard InChI is InChI=1S/C17H22O9/c1-2-3-8-24-16(23)9-4-6-10(7-5-9)25-17-13(20)11(18)12(19)14(26-17)15(21)22/h4-7,11-14,17-20H,2-3,8H2,1H3,(H,21,22)/t11-,12-,13+,14-,17?/m0/s1. The summed E-state index contributed by atoms with van der Waals surface area (Å²) in [7, 11) is 0. The number of unbranched alkanes of at least 4 members (excludes halogenated alkanes) is 1. The van der Waals surface area contributed by atoms with E-state index in [-0.39, 0.29) is 5.75 Å². The Morgan fingerprint density at radius 2 is 1.73 bits per heavy atom. The number of rotatable bonds is 7. The number of aliphatic hydroxyl groups excluding tert-OH is 3. The summed E-state index contributed by atoms with van der Waals surface area (Å²) in [5, 5.41) is 38.3. The fraction of sp³-hybridized carbons (Fsp3) is 0.529. The molecule has 0 amide bonds. The van der Waals surface area contributed by atoms with Crippen molar-refractivity contribution in [3.8, 4) is 5.75 Å². The second-order valence-electron chi connectivity index (χ2n) is 5.87. The van der Waals surface area contributed by atoms with Gasteiger partial charge in [-0.15, -0.1) is 0 Å². The monoisotopic (exact) mass is 370 g/mol. The van der Waals surface area contributed by atoms with Crippen molar-refractivity contribution in [2.75, 3.05) is 6.61 Å². The molecule has 1 aromatic carbocycles. The van der Waals surface area contributed by atoms with Gasteiger partial charge in [0.1, 0.15) is 24.1 Å². The van der Waals surface area contributed by atoms with Crippen molar-refractivity contribution in [2.24, 2.45) is 0 Å². The molecule has 0 bridgehead atoms. The third-order valence-electron chi connectivity index (χ3n) is 3.89. The zero-order valence-corrected chi connectivity index (χ0v) is 14.1. The van der Waals surface area contributed by atoms with Gasteiger partial charge in [0.15, 0.2) is 6.10 Å². The molecule has 9 heteroatoms. The van der Waals surface area contributed by atoms with Crippen LogP contribution in [-0.2, 0) is 14.3 Å². The average Bonchev–Trinajstić information content (AvgIpc) is 2.62. The van der Waals surface area contributed by atoms with Gasteiger partial charge < -0.3 is 34.6 Å². The largest absolute Gasteiger partial charge is 0.479 e. The molecule has 144 valence electrons. The molecule has 1 saturated heterocycles. The Morgan fingerprint density at radius 1 is 1.08 bits per heavy atom. The second kappa shape index (κ2) is 8.95. The quantitative estimate of drug-likeness (QED) is 0.382. The predicted molar refractivity (Wildman–Crippen MR) is 86.6 cm³/mol. The van der Waals surface area contributed by atoms with E-state index in [9.17, 15) is 24.9 Å². The molecule has 0 aliphatic carbocycles. The number of benzene rings is 1. The van der Waals surface area contributed by atoms with Crippen molar-refractivity contribution < 1.29 is 44.2 Å². The molecule has 0 radical (unpaired) electrons. The minimum absolute atomic E-state index is 0.173. The van der Waals surface area contributed by atoms with Crippen LogP contribution < -0.4 is 4.74 Å². The average molecular weight is 370 g/mol. The van der Waals surface area contributed by atoms with Gasteiger partial charge in [-0.1, -0.05) is 13.3 Å². The first-order valence-corrected chi connectivity index (χ1v) is 8.21. The Morgan fingerprint density at radius 3 is 2.31 bits per heavy atom. The van der Waals surface area contributed by atoms with E-state index in [1.54, 1.807) is 0 Å². The lowest BCUT2D eigenvalue weighted by molar-refractivity contribution is -0.271. The van der Waals surface area contributed by atoms with Gasteiger partial charge in [0, 0.05) is 0 Å². The molecule has 1 fully saturated rings. The van der Waals surface area contributed by atoms with Gasteiger partial charge in [-0.2, -0.15) is 0 Å². The van der Waals surface area contributed by atoms with Crippen LogP contribution in [0.3, 0.4) is 0 Å². The third kappa shape index (κ3) is 4.70. The number of carboxylic acid groups (broad SMARTS) is 1. The fourth-order valence-corrected chi connectivity index (χ4v) is 2.35. The minimum Gasteiger partial charge on any atom is -0.479 e. The lowest BCUT2D eigenvalue weighted by Crippen LogP contribution is -2.61. The van der Waals surface area contributed by atoms with Crippen LogP contribution in [0, 0.1) is 0 Å². The molecule has 4 N–H and O–H groups in total. The van der Waals surface area contributed by atoms with Crippen LogP contribution >= 0.6 is 0 Å². The number of aliphatic hydroxyl groups is 3. The van der Waals surface area contributed by atoms with Gasteiger partial charge in [0.05, 0.1) is 12.2 Å². The highest BCUT2D eigenvalue weighted by atomic mass is 16.7. The Bertz CT molecular complexity index is 615. The first-order chi connectivity index (χ1) is 12.3. The number of carbonyl (C=O) groups excluding carboxylic acids is 1. The number of hydrogen-bond acceptors (Lipinski definition) is 8. The van der Waals surface area contributed by atoms with Crippen molar-refractivity contribution in [3.05, 3.63) is 29.8 Å². The highest BCUT2D eigenvalue weighted by molar-refractivity contribution is 5.89. The molecular weight excluding hydrogens is 348 g/mol. The normalized spacial score (nSPS) is 28.4. The molecule has 5 atom stereocenters. The topological polar surface area (TPSA) is 143 Å². The molecule has 2 rings (SSSR count). The van der Waals surface area contributed by atoms with E-state index < -0.39 is 42.6 Å². The third-order valence-corrected chi connectivity index (χ3v) is 3.89. The summed E-state index contributed by atoms with van der Waals surface area (Å²) < 4.78 is 15.4. The highest BCUT2D eigenvalue weighted by Crippen LogP contribution is 2.25. The Labute approximate surface area is 149 Å². The van der Waals surface area contributed by atoms with Crippen molar-refractivity contribution in [1.82, 2.24) is 0 Å². The van der Waals surface area contributed by atoms with E-state index in [0.29, 0.717) is 12.2 Å². The summed E-state index contributed by atoms with van der Waals surface area (Å²) >= 11 is 0. The summed E-state index contributed by atoms with van der Waals surface area (Å²) in [5.41, 5.74) is 0.303. The van der Waals surface area contributed by atoms with Gasteiger partial charge in [-0.3, -0.25) is 0 Å². The Kier molecular flexibility index (Phi) is 6.92. The van der Waals surface area contributed by atoms with E-state index in [0.717, 1.165) is 12.8 Å². The molecule has 1 aliphatic rings. The lowest BCUT2D eigenvalue weighted by Gasteiger charge is -2.38. The second-order valence-corrected chi connectivity index (χ2v) is 5.87. The highest BCUT2D eigenvalue weighted by Gasteiger charge is 2.48. The molecule has 9 nitrogen and oxygen atoms in total. The summed E-state index contributed by atoms with van der Waals surface area (Å²) in [5.74, 6) is -1.81. The van der Waals surface area contributed by atoms with Crippen LogP contribution in [0.1, 0.15) is 30.1 Å². The Balaban J connectivity index is 2.01. The smallest absolute Gasteiger partial charge is 0.338 e. The van der Waals surface area contributed by atoms with Crippen LogP contribution in [0.5, 0.6) is 5.75 Å². The van der Waals surface area contributed by atoms with E-state index in [4.69, 9.17) is 19.3 Å². The number of carboxylic acids is 1. The van der Waals surface area contributed by atoms with E-state index in [1.807, 2.05) is 6.92 Å². The maximum atomic E-state index is 11.8. The number of aliphatic carboxylic acids is 1. The fourth-order valence-electron chi connectivity index (χ4n) is 2.35. The van der Waals surface area contributed by atoms with E-state index in [2.05, 4.69) is 0 Å². The van der Waals surface area contributed by atoms with E-state index in [1.165, 1.54) is 24.3 Å². The SMILES string of the molecule is CCCCOC(=O)c1ccc(OC2O[C@H](C(=O)O)[C@@H](O)[C@H](O)[C@H]2O)cc1. The first kappa shape index (κ1) is 20.1. The summed E-state index contributed by atoms with van der Waals surface area (Å²) in [6.45, 7) is 2.30. The van der Waals surface area contributed by atoms with E-state index >= 15 is 0 Å². The predicted octanol–water partition coefficient (Wildman–Crippen LogP) is -0.0855. The van der Waals surface area contributed by atoms with Gasteiger partial charge in [-0.05, 0) is 30.7 Å². The van der Waals surface area contributed by atoms with Crippen molar-refractivity contribution in [3.63, 3.8) is 0 Å². The van der Waals surface area contributed by atoms with Gasteiger partial charge >= 0.3 is 11.9 Å². The summed E-state index contributed by atoms with van der Waals surface area (Å²) in [6, 6.07) is 5.72. The van der Waals surface area contributed by atoms with Crippen LogP contribution in [0.15, 0.2) is 24.3 Å². The molecule has 1 aromatic rings. The number of esters is 1. The Hall–Kier alpha value is -2.20. The van der Waals surface area contributed by atoms with Crippen molar-refractivity contribution in [1.29, 1.82) is 0 Å². The van der Waals surface area contributed by atoms with Crippen molar-refractivity contribution >= 4 is 11.9 Å².